The van der Waals surface area contributed by atoms with Crippen molar-refractivity contribution in [3.8, 4) is 22.3 Å². The van der Waals surface area contributed by atoms with Gasteiger partial charge in [-0.15, -0.1) is 93.9 Å². The summed E-state index contributed by atoms with van der Waals surface area (Å²) in [5.74, 6) is 3.68. The molecule has 2 radical (unpaired) electrons. The third kappa shape index (κ3) is 10.4. The summed E-state index contributed by atoms with van der Waals surface area (Å²) < 4.78 is 0. The summed E-state index contributed by atoms with van der Waals surface area (Å²) >= 11 is 1.36. The van der Waals surface area contributed by atoms with Crippen molar-refractivity contribution in [1.82, 2.24) is 0 Å². The summed E-state index contributed by atoms with van der Waals surface area (Å²) in [4.78, 5) is 0. The van der Waals surface area contributed by atoms with E-state index in [1.807, 2.05) is 0 Å². The van der Waals surface area contributed by atoms with Gasteiger partial charge in [-0.2, -0.15) is 12.1 Å². The standard InChI is InChI=1S/C27H29.C24H29.2CH3.2ClH.Si.Zr/c1-2-18-13-23-4-3-5-25(26(23)14-18)22-6-8-24(9-7-22)27-15-19-10-20(16-27)12-21(11-19)17-27;1-6-8-17(2)20-15-19-9-7-10-22(23(19)16-20)18-11-13-21(14-12-18)24(3,4)5;;;;;;/h3-9,13-14,19-21H,2,10-12,15-17H2,1H3;7,9-17H,6,8H2,1-5H3;2*1H3;2*1H;;/q4*-1;;;;. The summed E-state index contributed by atoms with van der Waals surface area (Å²) in [5, 5.41) is 5.55. The Hall–Kier alpha value is -2.22. The van der Waals surface area contributed by atoms with E-state index in [2.05, 4.69) is 158 Å². The van der Waals surface area contributed by atoms with Crippen LogP contribution < -0.4 is 0 Å². The fourth-order valence-corrected chi connectivity index (χ4v) is 10.8. The van der Waals surface area contributed by atoms with Crippen LogP contribution in [-0.2, 0) is 40.6 Å². The van der Waals surface area contributed by atoms with Crippen molar-refractivity contribution in [2.45, 2.75) is 116 Å². The Kier molecular flexibility index (Phi) is 18.0. The second kappa shape index (κ2) is 20.8. The molecule has 4 saturated carbocycles. The monoisotopic (exact) mass is 890 g/mol. The third-order valence-electron chi connectivity index (χ3n) is 13.2. The molecule has 0 N–H and O–H groups in total. The molecule has 4 bridgehead atoms. The molecule has 304 valence electrons. The van der Waals surface area contributed by atoms with Gasteiger partial charge in [0.15, 0.2) is 0 Å². The van der Waals surface area contributed by atoms with E-state index in [1.54, 1.807) is 5.56 Å². The number of rotatable bonds is 7. The Morgan fingerprint density at radius 1 is 0.684 bits per heavy atom. The van der Waals surface area contributed by atoms with Crippen molar-refractivity contribution in [3.05, 3.63) is 146 Å². The van der Waals surface area contributed by atoms with E-state index in [4.69, 9.17) is 0 Å². The first-order valence-electron chi connectivity index (χ1n) is 20.5. The molecular formula is C53H66Cl2SiZr-4. The number of benzene rings is 4. The van der Waals surface area contributed by atoms with E-state index in [1.165, 1.54) is 135 Å². The van der Waals surface area contributed by atoms with Crippen LogP contribution in [0.3, 0.4) is 0 Å². The van der Waals surface area contributed by atoms with E-state index in [9.17, 15) is 0 Å². The van der Waals surface area contributed by atoms with Crippen molar-refractivity contribution >= 4 is 53.2 Å². The molecule has 4 fully saturated rings. The minimum atomic E-state index is 0. The van der Waals surface area contributed by atoms with E-state index in [0.29, 0.717) is 11.3 Å². The van der Waals surface area contributed by atoms with Gasteiger partial charge in [-0.05, 0) is 108 Å². The van der Waals surface area contributed by atoms with Crippen LogP contribution in [-0.4, -0.2) is 6.88 Å². The zero-order valence-electron chi connectivity index (χ0n) is 35.9. The number of fused-ring (bicyclic) bond motifs is 2. The SMILES string of the molecule is CCCC(C)c1cc2c(-c3ccc(C(C)(C)C)cc3)cccc2[cH-]1.CCc1cc2c(-c3ccc(C45CC6CC(CC(C6)C4)C5)cc3)cccc2[cH-]1.Cl.Cl.[CH3-].[CH3-].[Si]=[Zr]. The van der Waals surface area contributed by atoms with Gasteiger partial charge in [0.2, 0.25) is 0 Å². The molecule has 0 heterocycles. The summed E-state index contributed by atoms with van der Waals surface area (Å²) in [7, 11) is 0. The molecule has 0 aromatic heterocycles. The Morgan fingerprint density at radius 3 is 1.63 bits per heavy atom. The van der Waals surface area contributed by atoms with Crippen molar-refractivity contribution in [3.63, 3.8) is 0 Å². The van der Waals surface area contributed by atoms with Crippen LogP contribution in [0.4, 0.5) is 0 Å². The summed E-state index contributed by atoms with van der Waals surface area (Å²) in [6.07, 6.45) is 12.5. The first-order valence-corrected chi connectivity index (χ1v) is 24.7. The maximum absolute atomic E-state index is 3.06. The third-order valence-corrected chi connectivity index (χ3v) is 13.2. The Bertz CT molecular complexity index is 2110. The van der Waals surface area contributed by atoms with Crippen molar-refractivity contribution < 1.29 is 23.3 Å². The summed E-state index contributed by atoms with van der Waals surface area (Å²) in [6.45, 7) is 16.7. The van der Waals surface area contributed by atoms with Crippen LogP contribution in [0.15, 0.2) is 109 Å². The first kappa shape index (κ1) is 49.1. The van der Waals surface area contributed by atoms with Crippen molar-refractivity contribution in [1.29, 1.82) is 0 Å². The minimum absolute atomic E-state index is 0. The normalized spacial score (nSPS) is 20.7. The molecule has 4 aliphatic carbocycles. The van der Waals surface area contributed by atoms with Crippen LogP contribution >= 0.6 is 24.8 Å². The van der Waals surface area contributed by atoms with Gasteiger partial charge in [0, 0.05) is 0 Å². The number of aryl methyl sites for hydroxylation is 1. The summed E-state index contributed by atoms with van der Waals surface area (Å²) in [6, 6.07) is 41.8. The molecule has 6 aromatic carbocycles. The number of halogens is 2. The molecule has 0 aliphatic heterocycles. The average molecular weight is 893 g/mol. The van der Waals surface area contributed by atoms with E-state index < -0.39 is 0 Å². The van der Waals surface area contributed by atoms with Gasteiger partial charge in [-0.25, -0.2) is 0 Å². The zero-order valence-corrected chi connectivity index (χ0v) is 41.0. The topological polar surface area (TPSA) is 0 Å². The van der Waals surface area contributed by atoms with Gasteiger partial charge >= 0.3 is 30.2 Å². The molecule has 1 atom stereocenters. The van der Waals surface area contributed by atoms with Gasteiger partial charge in [0.25, 0.3) is 0 Å². The molecule has 6 aromatic rings. The van der Waals surface area contributed by atoms with Crippen LogP contribution in [0, 0.1) is 32.6 Å². The summed E-state index contributed by atoms with van der Waals surface area (Å²) in [5.41, 5.74) is 12.1. The fraction of sp³-hybridized carbons (Fsp3) is 0.396. The van der Waals surface area contributed by atoms with E-state index in [0.717, 1.165) is 24.2 Å². The molecule has 4 heteroatoms. The van der Waals surface area contributed by atoms with Gasteiger partial charge < -0.3 is 14.9 Å². The second-order valence-corrected chi connectivity index (χ2v) is 17.9. The predicted octanol–water partition coefficient (Wildman–Crippen LogP) is 16.0. The van der Waals surface area contributed by atoms with Crippen molar-refractivity contribution in [2.24, 2.45) is 17.8 Å². The number of hydrogen-bond acceptors (Lipinski definition) is 0. The fourth-order valence-electron chi connectivity index (χ4n) is 10.8. The molecule has 4 aliphatic rings. The maximum atomic E-state index is 3.06. The molecule has 1 unspecified atom stereocenters. The Morgan fingerprint density at radius 2 is 1.16 bits per heavy atom. The average Bonchev–Trinajstić information content (AvgIpc) is 3.80. The molecule has 0 saturated heterocycles. The second-order valence-electron chi connectivity index (χ2n) is 17.9. The van der Waals surface area contributed by atoms with E-state index in [-0.39, 0.29) is 45.1 Å². The van der Waals surface area contributed by atoms with Crippen LogP contribution in [0.5, 0.6) is 0 Å². The van der Waals surface area contributed by atoms with Crippen molar-refractivity contribution in [2.75, 3.05) is 0 Å². The zero-order chi connectivity index (χ0) is 37.3. The molecular weight excluding hydrogens is 827 g/mol. The Balaban J connectivity index is 0.000000276. The van der Waals surface area contributed by atoms with Gasteiger partial charge in [-0.1, -0.05) is 120 Å². The Labute approximate surface area is 376 Å². The number of hydrogen-bond donors (Lipinski definition) is 0. The molecule has 0 amide bonds. The molecule has 0 spiro atoms. The quantitative estimate of drug-likeness (QED) is 0.111. The van der Waals surface area contributed by atoms with Crippen LogP contribution in [0.25, 0.3) is 43.8 Å². The van der Waals surface area contributed by atoms with E-state index >= 15 is 0 Å². The van der Waals surface area contributed by atoms with Gasteiger partial charge in [0.05, 0.1) is 0 Å². The molecule has 57 heavy (non-hydrogen) atoms. The van der Waals surface area contributed by atoms with Gasteiger partial charge in [-0.3, -0.25) is 0 Å². The molecule has 0 nitrogen and oxygen atoms in total. The first-order chi connectivity index (χ1) is 25.6. The molecule has 10 rings (SSSR count). The van der Waals surface area contributed by atoms with Crippen LogP contribution in [0.2, 0.25) is 0 Å². The van der Waals surface area contributed by atoms with Crippen LogP contribution in [0.1, 0.15) is 121 Å². The van der Waals surface area contributed by atoms with Gasteiger partial charge in [0.1, 0.15) is 0 Å². The predicted molar refractivity (Wildman–Crippen MR) is 254 cm³/mol.